The number of tetrazole rings is 1. The summed E-state index contributed by atoms with van der Waals surface area (Å²) in [4.78, 5) is 12.1. The number of nitrogens with zero attached hydrogens (tertiary/aromatic N) is 4. The minimum atomic E-state index is -0.480. The summed E-state index contributed by atoms with van der Waals surface area (Å²) in [6, 6.07) is 14.0. The average molecular weight is 415 g/mol. The molecule has 1 heterocycles. The van der Waals surface area contributed by atoms with Crippen LogP contribution >= 0.6 is 23.4 Å². The molecule has 0 N–H and O–H groups in total. The number of benzene rings is 2. The molecule has 0 saturated carbocycles. The molecule has 3 rings (SSSR count). The number of hydrogen-bond acceptors (Lipinski definition) is 7. The highest BCUT2D eigenvalue weighted by atomic mass is 35.5. The van der Waals surface area contributed by atoms with Crippen molar-refractivity contribution in [2.75, 3.05) is 19.5 Å². The Balaban J connectivity index is 1.51. The third kappa shape index (κ3) is 5.03. The van der Waals surface area contributed by atoms with E-state index in [0.29, 0.717) is 27.2 Å². The standard InChI is InChI=1S/C19H15ClN4O3S/c1-26-17-7-3-2-6-16(17)18(25)27-12-4-5-13-28-19-21-22-23-24(19)15-10-8-14(20)9-11-15/h2-3,6-11H,12-13H2,1H3. The van der Waals surface area contributed by atoms with Gasteiger partial charge in [-0.05, 0) is 46.8 Å². The van der Waals surface area contributed by atoms with Gasteiger partial charge in [0.25, 0.3) is 0 Å². The molecule has 0 aliphatic heterocycles. The van der Waals surface area contributed by atoms with E-state index in [4.69, 9.17) is 21.1 Å². The lowest BCUT2D eigenvalue weighted by Crippen LogP contribution is -2.07. The van der Waals surface area contributed by atoms with Crippen LogP contribution in [-0.2, 0) is 4.74 Å². The quantitative estimate of drug-likeness (QED) is 0.348. The number of esters is 1. The molecule has 0 saturated heterocycles. The summed E-state index contributed by atoms with van der Waals surface area (Å²) in [5.74, 6) is 6.15. The Morgan fingerprint density at radius 2 is 1.96 bits per heavy atom. The lowest BCUT2D eigenvalue weighted by molar-refractivity contribution is 0.0553. The second kappa shape index (κ2) is 9.78. The van der Waals surface area contributed by atoms with Gasteiger partial charge in [0.2, 0.25) is 5.16 Å². The Hall–Kier alpha value is -3.02. The fourth-order valence-electron chi connectivity index (χ4n) is 2.21. The van der Waals surface area contributed by atoms with Gasteiger partial charge in [-0.3, -0.25) is 0 Å². The summed E-state index contributed by atoms with van der Waals surface area (Å²) < 4.78 is 11.9. The second-order valence-electron chi connectivity index (χ2n) is 5.27. The van der Waals surface area contributed by atoms with Gasteiger partial charge in [-0.15, -0.1) is 5.10 Å². The summed E-state index contributed by atoms with van der Waals surface area (Å²) in [5, 5.41) is 12.9. The summed E-state index contributed by atoms with van der Waals surface area (Å²) in [6.45, 7) is -0.0143. The van der Waals surface area contributed by atoms with E-state index in [0.717, 1.165) is 5.69 Å². The van der Waals surface area contributed by atoms with Gasteiger partial charge in [0.05, 0.1) is 18.6 Å². The maximum atomic E-state index is 12.1. The summed E-state index contributed by atoms with van der Waals surface area (Å²) in [6.07, 6.45) is 0. The van der Waals surface area contributed by atoms with Crippen molar-refractivity contribution in [3.05, 3.63) is 59.1 Å². The van der Waals surface area contributed by atoms with E-state index in [1.165, 1.54) is 18.9 Å². The van der Waals surface area contributed by atoms with Crippen LogP contribution in [0, 0.1) is 11.8 Å². The predicted molar refractivity (Wildman–Crippen MR) is 106 cm³/mol. The summed E-state index contributed by atoms with van der Waals surface area (Å²) in [5.41, 5.74) is 1.17. The fourth-order valence-corrected chi connectivity index (χ4v) is 3.00. The predicted octanol–water partition coefficient (Wildman–Crippen LogP) is 3.28. The van der Waals surface area contributed by atoms with Gasteiger partial charge >= 0.3 is 5.97 Å². The summed E-state index contributed by atoms with van der Waals surface area (Å²) >= 11 is 7.27. The molecule has 7 nitrogen and oxygen atoms in total. The maximum absolute atomic E-state index is 12.1. The molecule has 142 valence electrons. The van der Waals surface area contributed by atoms with Gasteiger partial charge in [-0.2, -0.15) is 4.68 Å². The molecule has 0 atom stereocenters. The topological polar surface area (TPSA) is 79.1 Å². The molecule has 2 aromatic carbocycles. The van der Waals surface area contributed by atoms with E-state index in [2.05, 4.69) is 27.4 Å². The minimum Gasteiger partial charge on any atom is -0.496 e. The Kier molecular flexibility index (Phi) is 6.89. The molecule has 0 radical (unpaired) electrons. The normalized spacial score (nSPS) is 10.1. The summed E-state index contributed by atoms with van der Waals surface area (Å²) in [7, 11) is 1.50. The molecule has 3 aromatic rings. The van der Waals surface area contributed by atoms with Crippen molar-refractivity contribution < 1.29 is 14.3 Å². The van der Waals surface area contributed by atoms with E-state index in [9.17, 15) is 4.79 Å². The smallest absolute Gasteiger partial charge is 0.342 e. The van der Waals surface area contributed by atoms with Crippen LogP contribution in [0.25, 0.3) is 5.69 Å². The molecule has 0 aliphatic carbocycles. The van der Waals surface area contributed by atoms with Crippen molar-refractivity contribution in [1.82, 2.24) is 20.2 Å². The van der Waals surface area contributed by atoms with Gasteiger partial charge in [-0.25, -0.2) is 4.79 Å². The van der Waals surface area contributed by atoms with E-state index in [1.807, 2.05) is 12.1 Å². The largest absolute Gasteiger partial charge is 0.496 e. The molecule has 9 heteroatoms. The Morgan fingerprint density at radius 3 is 2.75 bits per heavy atom. The van der Waals surface area contributed by atoms with E-state index < -0.39 is 5.97 Å². The SMILES string of the molecule is COc1ccccc1C(=O)OCC#CCSc1nnnn1-c1ccc(Cl)cc1. The molecule has 1 aromatic heterocycles. The number of methoxy groups -OCH3 is 1. The number of hydrogen-bond donors (Lipinski definition) is 0. The Bertz CT molecular complexity index is 1010. The van der Waals surface area contributed by atoms with Crippen molar-refractivity contribution in [3.8, 4) is 23.3 Å². The lowest BCUT2D eigenvalue weighted by atomic mass is 10.2. The highest BCUT2D eigenvalue weighted by molar-refractivity contribution is 7.99. The average Bonchev–Trinajstić information content (AvgIpc) is 3.19. The van der Waals surface area contributed by atoms with Gasteiger partial charge in [0.1, 0.15) is 11.3 Å². The van der Waals surface area contributed by atoms with Gasteiger partial charge < -0.3 is 9.47 Å². The van der Waals surface area contributed by atoms with Crippen LogP contribution in [-0.4, -0.2) is 45.6 Å². The molecule has 0 fully saturated rings. The van der Waals surface area contributed by atoms with Gasteiger partial charge in [0, 0.05) is 5.02 Å². The number of carbonyl (C=O) groups excluding carboxylic acids is 1. The first kappa shape index (κ1) is 19.7. The van der Waals surface area contributed by atoms with Crippen molar-refractivity contribution in [1.29, 1.82) is 0 Å². The number of para-hydroxylation sites is 1. The number of rotatable bonds is 6. The zero-order valence-electron chi connectivity index (χ0n) is 14.8. The monoisotopic (exact) mass is 414 g/mol. The zero-order valence-corrected chi connectivity index (χ0v) is 16.4. The molecule has 0 aliphatic rings. The molecule has 0 amide bonds. The van der Waals surface area contributed by atoms with Gasteiger partial charge in [0.15, 0.2) is 6.61 Å². The van der Waals surface area contributed by atoms with Crippen LogP contribution in [0.4, 0.5) is 0 Å². The first-order valence-electron chi connectivity index (χ1n) is 8.12. The molecular formula is C19H15ClN4O3S. The van der Waals surface area contributed by atoms with E-state index in [1.54, 1.807) is 41.1 Å². The van der Waals surface area contributed by atoms with Crippen LogP contribution in [0.2, 0.25) is 5.02 Å². The molecule has 0 unspecified atom stereocenters. The van der Waals surface area contributed by atoms with Crippen LogP contribution < -0.4 is 4.74 Å². The fraction of sp³-hybridized carbons (Fsp3) is 0.158. The van der Waals surface area contributed by atoms with Crippen molar-refractivity contribution in [2.45, 2.75) is 5.16 Å². The minimum absolute atomic E-state index is 0.0143. The van der Waals surface area contributed by atoms with Crippen LogP contribution in [0.15, 0.2) is 53.7 Å². The number of thioether (sulfide) groups is 1. The second-order valence-corrected chi connectivity index (χ2v) is 6.65. The highest BCUT2D eigenvalue weighted by Crippen LogP contribution is 2.19. The molecule has 0 bridgehead atoms. The Labute approximate surface area is 171 Å². The number of ether oxygens (including phenoxy) is 2. The third-order valence-electron chi connectivity index (χ3n) is 3.51. The number of carbonyl (C=O) groups is 1. The van der Waals surface area contributed by atoms with Crippen LogP contribution in [0.5, 0.6) is 5.75 Å². The Morgan fingerprint density at radius 1 is 1.18 bits per heavy atom. The lowest BCUT2D eigenvalue weighted by Gasteiger charge is -2.06. The van der Waals surface area contributed by atoms with Crippen molar-refractivity contribution >= 4 is 29.3 Å². The van der Waals surface area contributed by atoms with E-state index >= 15 is 0 Å². The van der Waals surface area contributed by atoms with Crippen molar-refractivity contribution in [2.24, 2.45) is 0 Å². The maximum Gasteiger partial charge on any atom is 0.342 e. The van der Waals surface area contributed by atoms with Crippen molar-refractivity contribution in [3.63, 3.8) is 0 Å². The first-order valence-corrected chi connectivity index (χ1v) is 9.48. The zero-order chi connectivity index (χ0) is 19.8. The van der Waals surface area contributed by atoms with Crippen LogP contribution in [0.3, 0.4) is 0 Å². The third-order valence-corrected chi connectivity index (χ3v) is 4.57. The number of halogens is 1. The number of aromatic nitrogens is 4. The highest BCUT2D eigenvalue weighted by Gasteiger charge is 2.12. The first-order chi connectivity index (χ1) is 13.7. The molecule has 28 heavy (non-hydrogen) atoms. The molecule has 0 spiro atoms. The van der Waals surface area contributed by atoms with E-state index in [-0.39, 0.29) is 6.61 Å². The van der Waals surface area contributed by atoms with Gasteiger partial charge in [-0.1, -0.05) is 47.3 Å². The molecular weight excluding hydrogens is 400 g/mol. The van der Waals surface area contributed by atoms with Crippen LogP contribution in [0.1, 0.15) is 10.4 Å².